The van der Waals surface area contributed by atoms with Gasteiger partial charge in [-0.1, -0.05) is 171 Å². The Morgan fingerprint density at radius 2 is 0.844 bits per heavy atom. The quantitative estimate of drug-likeness (QED) is 0.0377. The summed E-state index contributed by atoms with van der Waals surface area (Å²) in [5, 5.41) is 0. The molecule has 4 nitrogen and oxygen atoms in total. The third-order valence-corrected chi connectivity index (χ3v) is 7.77. The van der Waals surface area contributed by atoms with Crippen LogP contribution in [0.1, 0.15) is 183 Å². The number of hydrogen-bond donors (Lipinski definition) is 0. The molecule has 0 aliphatic heterocycles. The SMILES string of the molecule is CCCCC(CC)COC(=O)CC[S-].CCCCC(CC)COC(=O)CC[S-].[CH2]CCCCCCC.[CH2]CCCCCCC.[Sn+2]. The number of carbonyl (C=O) groups excluding carboxylic acids is 2. The van der Waals surface area contributed by atoms with Crippen molar-refractivity contribution in [3.63, 3.8) is 0 Å². The second-order valence-electron chi connectivity index (χ2n) is 11.6. The molecule has 0 N–H and O–H groups in total. The molecule has 0 aliphatic rings. The van der Waals surface area contributed by atoms with E-state index in [0.29, 0.717) is 49.4 Å². The standard InChI is InChI=1S/2C11H22O2S.2C8H17.Sn/c2*1-3-5-6-10(4-2)9-13-11(12)7-8-14;2*1-3-5-7-8-6-4-2;/h2*10,14H,3-9H2,1-2H3;2*1,3-8H2,2H3;/q;;;;+2/p-2. The van der Waals surface area contributed by atoms with Gasteiger partial charge >= 0.3 is 35.8 Å². The smallest absolute Gasteiger partial charge is 0.792 e. The Bertz CT molecular complexity index is 480. The Hall–Kier alpha value is 0.439. The maximum absolute atomic E-state index is 11.0. The summed E-state index contributed by atoms with van der Waals surface area (Å²) in [6.45, 7) is 21.8. The van der Waals surface area contributed by atoms with Gasteiger partial charge in [0.15, 0.2) is 0 Å². The van der Waals surface area contributed by atoms with Gasteiger partial charge in [0.25, 0.3) is 0 Å². The second kappa shape index (κ2) is 51.3. The molecule has 0 spiro atoms. The van der Waals surface area contributed by atoms with Gasteiger partial charge in [0, 0.05) is 12.8 Å². The zero-order chi connectivity index (χ0) is 34.1. The number of carbonyl (C=O) groups is 2. The van der Waals surface area contributed by atoms with E-state index < -0.39 is 0 Å². The molecule has 0 heterocycles. The first-order valence-electron chi connectivity index (χ1n) is 18.4. The number of rotatable bonds is 26. The fourth-order valence-electron chi connectivity index (χ4n) is 4.09. The predicted molar refractivity (Wildman–Crippen MR) is 205 cm³/mol. The van der Waals surface area contributed by atoms with Crippen LogP contribution in [0, 0.1) is 25.7 Å². The van der Waals surface area contributed by atoms with Gasteiger partial charge in [-0.3, -0.25) is 9.59 Å². The summed E-state index contributed by atoms with van der Waals surface area (Å²) < 4.78 is 10.3. The van der Waals surface area contributed by atoms with Gasteiger partial charge in [-0.15, -0.1) is 0 Å². The summed E-state index contributed by atoms with van der Waals surface area (Å²) in [5.74, 6) is 1.70. The van der Waals surface area contributed by atoms with Crippen LogP contribution in [-0.4, -0.2) is 60.6 Å². The van der Waals surface area contributed by atoms with Gasteiger partial charge in [-0.05, 0) is 24.7 Å². The van der Waals surface area contributed by atoms with Gasteiger partial charge in [-0.25, -0.2) is 0 Å². The van der Waals surface area contributed by atoms with Crippen LogP contribution < -0.4 is 0 Å². The van der Waals surface area contributed by atoms with E-state index in [0.717, 1.165) is 38.5 Å². The summed E-state index contributed by atoms with van der Waals surface area (Å²) in [5.41, 5.74) is 0. The van der Waals surface area contributed by atoms with Crippen molar-refractivity contribution in [3.05, 3.63) is 13.8 Å². The Balaban J connectivity index is -0.000000162. The van der Waals surface area contributed by atoms with Crippen molar-refractivity contribution in [2.75, 3.05) is 24.7 Å². The number of esters is 2. The minimum atomic E-state index is -0.144. The van der Waals surface area contributed by atoms with Crippen molar-refractivity contribution in [3.8, 4) is 0 Å². The van der Waals surface area contributed by atoms with Crippen LogP contribution in [0.2, 0.25) is 0 Å². The summed E-state index contributed by atoms with van der Waals surface area (Å²) in [6, 6.07) is 0. The molecule has 0 aliphatic carbocycles. The first-order chi connectivity index (χ1) is 21.3. The fourth-order valence-corrected chi connectivity index (χ4v) is 4.42. The summed E-state index contributed by atoms with van der Waals surface area (Å²) in [4.78, 5) is 22.1. The third kappa shape index (κ3) is 54.2. The van der Waals surface area contributed by atoms with Gasteiger partial charge in [0.1, 0.15) is 0 Å². The third-order valence-electron chi connectivity index (χ3n) is 7.37. The van der Waals surface area contributed by atoms with E-state index in [1.165, 1.54) is 89.9 Å². The predicted octanol–water partition coefficient (Wildman–Crippen LogP) is 11.3. The topological polar surface area (TPSA) is 52.6 Å². The van der Waals surface area contributed by atoms with E-state index in [1.807, 2.05) is 0 Å². The number of unbranched alkanes of at least 4 members (excludes halogenated alkanes) is 12. The molecule has 0 saturated carbocycles. The van der Waals surface area contributed by atoms with Crippen LogP contribution in [0.5, 0.6) is 0 Å². The Morgan fingerprint density at radius 1 is 0.533 bits per heavy atom. The van der Waals surface area contributed by atoms with Crippen LogP contribution in [0.3, 0.4) is 0 Å². The molecule has 0 saturated heterocycles. The molecule has 0 aromatic rings. The van der Waals surface area contributed by atoms with Crippen molar-refractivity contribution in [2.45, 2.75) is 183 Å². The molecular weight excluding hydrogens is 703 g/mol. The minimum Gasteiger partial charge on any atom is -0.792 e. The molecule has 0 aromatic carbocycles. The average Bonchev–Trinajstić information content (AvgIpc) is 3.03. The molecule has 0 rings (SSSR count). The van der Waals surface area contributed by atoms with Crippen LogP contribution >= 0.6 is 0 Å². The molecule has 4 radical (unpaired) electrons. The first-order valence-corrected chi connectivity index (χ1v) is 19.5. The van der Waals surface area contributed by atoms with Crippen molar-refractivity contribution in [1.82, 2.24) is 0 Å². The molecule has 2 unspecified atom stereocenters. The molecule has 0 amide bonds. The zero-order valence-corrected chi connectivity index (χ0v) is 35.4. The first kappa shape index (κ1) is 54.9. The summed E-state index contributed by atoms with van der Waals surface area (Å²) in [7, 11) is 0. The van der Waals surface area contributed by atoms with Crippen molar-refractivity contribution < 1.29 is 19.1 Å². The van der Waals surface area contributed by atoms with Gasteiger partial charge in [-0.2, -0.15) is 11.5 Å². The monoisotopic (exact) mass is 780 g/mol. The maximum atomic E-state index is 11.0. The second-order valence-corrected chi connectivity index (χ2v) is 12.5. The van der Waals surface area contributed by atoms with Gasteiger partial charge < -0.3 is 34.7 Å². The van der Waals surface area contributed by atoms with E-state index in [9.17, 15) is 9.59 Å². The molecule has 2 atom stereocenters. The largest absolute Gasteiger partial charge is 2.00 e. The van der Waals surface area contributed by atoms with Crippen molar-refractivity contribution >= 4 is 61.1 Å². The molecule has 0 bridgehead atoms. The van der Waals surface area contributed by atoms with Crippen LogP contribution in [0.4, 0.5) is 0 Å². The summed E-state index contributed by atoms with van der Waals surface area (Å²) >= 11 is 9.41. The van der Waals surface area contributed by atoms with E-state index >= 15 is 0 Å². The van der Waals surface area contributed by atoms with Gasteiger partial charge in [0.2, 0.25) is 0 Å². The molecule has 45 heavy (non-hydrogen) atoms. The molecule has 7 heteroatoms. The van der Waals surface area contributed by atoms with Crippen molar-refractivity contribution in [1.29, 1.82) is 0 Å². The maximum Gasteiger partial charge on any atom is 2.00 e. The number of ether oxygens (including phenoxy) is 2. The van der Waals surface area contributed by atoms with Gasteiger partial charge in [0.05, 0.1) is 13.2 Å². The van der Waals surface area contributed by atoms with Crippen LogP contribution in [0.25, 0.3) is 0 Å². The minimum absolute atomic E-state index is 0. The molecule has 0 fully saturated rings. The fraction of sp³-hybridized carbons (Fsp3) is 0.895. The molecular formula is C38H76O4S2Sn. The Labute approximate surface area is 311 Å². The van der Waals surface area contributed by atoms with E-state index in [1.54, 1.807) is 0 Å². The van der Waals surface area contributed by atoms with E-state index in [4.69, 9.17) is 34.7 Å². The zero-order valence-electron chi connectivity index (χ0n) is 30.9. The van der Waals surface area contributed by atoms with Crippen LogP contribution in [0.15, 0.2) is 0 Å². The average molecular weight is 780 g/mol. The van der Waals surface area contributed by atoms with E-state index in [2.05, 4.69) is 55.4 Å². The van der Waals surface area contributed by atoms with Crippen LogP contribution in [-0.2, 0) is 44.3 Å². The normalized spacial score (nSPS) is 11.2. The molecule has 268 valence electrons. The summed E-state index contributed by atoms with van der Waals surface area (Å²) in [6.07, 6.45) is 26.0. The Morgan fingerprint density at radius 3 is 1.09 bits per heavy atom. The molecule has 0 aromatic heterocycles. The Kier molecular flexibility index (Phi) is 62.5. The number of hydrogen-bond acceptors (Lipinski definition) is 6. The van der Waals surface area contributed by atoms with E-state index in [-0.39, 0.29) is 35.8 Å². The van der Waals surface area contributed by atoms with Crippen molar-refractivity contribution in [2.24, 2.45) is 11.8 Å².